The molecule has 0 aromatic heterocycles. The Morgan fingerprint density at radius 3 is 1.94 bits per heavy atom. The Hall–Kier alpha value is -1.17. The number of hydrogen-bond donors (Lipinski definition) is 1. The van der Waals surface area contributed by atoms with Crippen LogP contribution in [0.5, 0.6) is 0 Å². The molecule has 1 aliphatic heterocycles. The predicted octanol–water partition coefficient (Wildman–Crippen LogP) is 3.10. The SMILES string of the molecule is FC(F)(F)C(F)(F)c1ccc(CC2CNC2)cc1. The molecule has 1 nitrogen and oxygen atoms in total. The van der Waals surface area contributed by atoms with Gasteiger partial charge in [0.15, 0.2) is 0 Å². The normalized spacial score (nSPS) is 17.6. The average molecular weight is 265 g/mol. The summed E-state index contributed by atoms with van der Waals surface area (Å²) in [6, 6.07) is 4.39. The van der Waals surface area contributed by atoms with Crippen molar-refractivity contribution < 1.29 is 22.0 Å². The minimum Gasteiger partial charge on any atom is -0.316 e. The van der Waals surface area contributed by atoms with Crippen LogP contribution in [-0.2, 0) is 12.3 Å². The maximum atomic E-state index is 13.0. The highest BCUT2D eigenvalue weighted by Gasteiger charge is 2.58. The van der Waals surface area contributed by atoms with Gasteiger partial charge in [0.25, 0.3) is 0 Å². The lowest BCUT2D eigenvalue weighted by Crippen LogP contribution is -2.43. The van der Waals surface area contributed by atoms with Gasteiger partial charge >= 0.3 is 12.1 Å². The fourth-order valence-corrected chi connectivity index (χ4v) is 1.84. The third-order valence-electron chi connectivity index (χ3n) is 3.06. The summed E-state index contributed by atoms with van der Waals surface area (Å²) < 4.78 is 62.4. The van der Waals surface area contributed by atoms with Crippen LogP contribution in [0.15, 0.2) is 24.3 Å². The molecule has 6 heteroatoms. The van der Waals surface area contributed by atoms with Crippen molar-refractivity contribution in [1.82, 2.24) is 5.32 Å². The summed E-state index contributed by atoms with van der Waals surface area (Å²) in [5, 5.41) is 3.07. The van der Waals surface area contributed by atoms with E-state index in [1.807, 2.05) is 0 Å². The third kappa shape index (κ3) is 2.48. The number of halogens is 5. The summed E-state index contributed by atoms with van der Waals surface area (Å²) in [7, 11) is 0. The van der Waals surface area contributed by atoms with Crippen LogP contribution in [0.25, 0.3) is 0 Å². The molecule has 2 rings (SSSR count). The Kier molecular flexibility index (Phi) is 3.31. The molecule has 0 bridgehead atoms. The zero-order valence-corrected chi connectivity index (χ0v) is 9.40. The molecule has 18 heavy (non-hydrogen) atoms. The minimum atomic E-state index is -5.55. The maximum Gasteiger partial charge on any atom is 0.458 e. The molecule has 100 valence electrons. The first-order chi connectivity index (χ1) is 8.30. The lowest BCUT2D eigenvalue weighted by atomic mass is 9.93. The molecule has 0 saturated carbocycles. The summed E-state index contributed by atoms with van der Waals surface area (Å²) in [5.74, 6) is -4.34. The zero-order valence-electron chi connectivity index (χ0n) is 9.40. The van der Waals surface area contributed by atoms with Gasteiger partial charge in [0.05, 0.1) is 0 Å². The minimum absolute atomic E-state index is 0.443. The van der Waals surface area contributed by atoms with Gasteiger partial charge in [-0.2, -0.15) is 22.0 Å². The lowest BCUT2D eigenvalue weighted by molar-refractivity contribution is -0.289. The summed E-state index contributed by atoms with van der Waals surface area (Å²) >= 11 is 0. The van der Waals surface area contributed by atoms with E-state index in [1.165, 1.54) is 12.1 Å². The van der Waals surface area contributed by atoms with Crippen molar-refractivity contribution in [1.29, 1.82) is 0 Å². The predicted molar refractivity (Wildman–Crippen MR) is 56.5 cm³/mol. The van der Waals surface area contributed by atoms with Gasteiger partial charge in [0.2, 0.25) is 0 Å². The molecule has 1 saturated heterocycles. The summed E-state index contributed by atoms with van der Waals surface area (Å²) in [6.45, 7) is 1.72. The maximum absolute atomic E-state index is 13.0. The Morgan fingerprint density at radius 1 is 1.00 bits per heavy atom. The first-order valence-corrected chi connectivity index (χ1v) is 5.55. The monoisotopic (exact) mass is 265 g/mol. The van der Waals surface area contributed by atoms with Crippen molar-refractivity contribution in [3.8, 4) is 0 Å². The van der Waals surface area contributed by atoms with Crippen LogP contribution in [-0.4, -0.2) is 19.3 Å². The highest BCUT2D eigenvalue weighted by atomic mass is 19.4. The summed E-state index contributed by atoms with van der Waals surface area (Å²) in [6.07, 6.45) is -4.85. The highest BCUT2D eigenvalue weighted by Crippen LogP contribution is 2.43. The molecule has 0 spiro atoms. The van der Waals surface area contributed by atoms with E-state index in [0.717, 1.165) is 30.8 Å². The van der Waals surface area contributed by atoms with Gasteiger partial charge in [-0.3, -0.25) is 0 Å². The van der Waals surface area contributed by atoms with E-state index >= 15 is 0 Å². The molecule has 0 radical (unpaired) electrons. The largest absolute Gasteiger partial charge is 0.458 e. The number of nitrogens with one attached hydrogen (secondary N) is 1. The molecule has 0 amide bonds. The van der Waals surface area contributed by atoms with E-state index < -0.39 is 17.7 Å². The molecule has 1 aromatic carbocycles. The lowest BCUT2D eigenvalue weighted by Gasteiger charge is -2.27. The van der Waals surface area contributed by atoms with E-state index in [0.29, 0.717) is 12.3 Å². The third-order valence-corrected chi connectivity index (χ3v) is 3.06. The number of benzene rings is 1. The van der Waals surface area contributed by atoms with Crippen molar-refractivity contribution >= 4 is 0 Å². The van der Waals surface area contributed by atoms with Gasteiger partial charge in [-0.15, -0.1) is 0 Å². The molecule has 1 heterocycles. The molecule has 1 N–H and O–H groups in total. The van der Waals surface area contributed by atoms with Crippen molar-refractivity contribution in [2.45, 2.75) is 18.5 Å². The van der Waals surface area contributed by atoms with Gasteiger partial charge in [-0.25, -0.2) is 0 Å². The summed E-state index contributed by atoms with van der Waals surface area (Å²) in [5.41, 5.74) is -0.228. The van der Waals surface area contributed by atoms with Crippen LogP contribution < -0.4 is 5.32 Å². The van der Waals surface area contributed by atoms with E-state index in [2.05, 4.69) is 5.32 Å². The quantitative estimate of drug-likeness (QED) is 0.828. The van der Waals surface area contributed by atoms with Gasteiger partial charge < -0.3 is 5.32 Å². The van der Waals surface area contributed by atoms with Crippen molar-refractivity contribution in [3.05, 3.63) is 35.4 Å². The topological polar surface area (TPSA) is 12.0 Å². The molecule has 1 aromatic rings. The fourth-order valence-electron chi connectivity index (χ4n) is 1.84. The fraction of sp³-hybridized carbons (Fsp3) is 0.500. The first-order valence-electron chi connectivity index (χ1n) is 5.55. The van der Waals surface area contributed by atoms with E-state index in [-0.39, 0.29) is 0 Å². The molecular formula is C12H12F5N. The van der Waals surface area contributed by atoms with Gasteiger partial charge in [-0.05, 0) is 31.0 Å². The van der Waals surface area contributed by atoms with Crippen LogP contribution in [0.2, 0.25) is 0 Å². The highest BCUT2D eigenvalue weighted by molar-refractivity contribution is 5.27. The Labute approximate surface area is 101 Å². The number of alkyl halides is 5. The van der Waals surface area contributed by atoms with E-state index in [1.54, 1.807) is 0 Å². The molecule has 1 fully saturated rings. The number of rotatable bonds is 3. The van der Waals surface area contributed by atoms with Gasteiger partial charge in [0, 0.05) is 5.56 Å². The Morgan fingerprint density at radius 2 is 1.56 bits per heavy atom. The van der Waals surface area contributed by atoms with Crippen molar-refractivity contribution in [2.75, 3.05) is 13.1 Å². The van der Waals surface area contributed by atoms with Gasteiger partial charge in [-0.1, -0.05) is 24.3 Å². The zero-order chi connectivity index (χ0) is 13.4. The van der Waals surface area contributed by atoms with Crippen molar-refractivity contribution in [2.24, 2.45) is 5.92 Å². The Bertz CT molecular complexity index is 405. The van der Waals surface area contributed by atoms with Crippen LogP contribution in [0.1, 0.15) is 11.1 Å². The molecule has 0 atom stereocenters. The number of hydrogen-bond acceptors (Lipinski definition) is 1. The van der Waals surface area contributed by atoms with Crippen LogP contribution in [0, 0.1) is 5.92 Å². The molecule has 1 aliphatic rings. The van der Waals surface area contributed by atoms with Crippen LogP contribution in [0.4, 0.5) is 22.0 Å². The molecule has 0 aliphatic carbocycles. The van der Waals surface area contributed by atoms with Gasteiger partial charge in [0.1, 0.15) is 0 Å². The average Bonchev–Trinajstić information content (AvgIpc) is 2.22. The standard InChI is InChI=1S/C12H12F5N/c13-11(14,12(15,16)17)10-3-1-8(2-4-10)5-9-6-18-7-9/h1-4,9,18H,5-7H2. The second-order valence-electron chi connectivity index (χ2n) is 4.50. The first kappa shape index (κ1) is 13.3. The second-order valence-corrected chi connectivity index (χ2v) is 4.50. The molecule has 0 unspecified atom stereocenters. The van der Waals surface area contributed by atoms with Crippen LogP contribution >= 0.6 is 0 Å². The second kappa shape index (κ2) is 4.50. The Balaban J connectivity index is 2.11. The van der Waals surface area contributed by atoms with E-state index in [4.69, 9.17) is 0 Å². The van der Waals surface area contributed by atoms with E-state index in [9.17, 15) is 22.0 Å². The molecular weight excluding hydrogens is 253 g/mol. The summed E-state index contributed by atoms with van der Waals surface area (Å²) in [4.78, 5) is 0. The van der Waals surface area contributed by atoms with Crippen LogP contribution in [0.3, 0.4) is 0 Å². The smallest absolute Gasteiger partial charge is 0.316 e. The van der Waals surface area contributed by atoms with Crippen molar-refractivity contribution in [3.63, 3.8) is 0 Å².